The van der Waals surface area contributed by atoms with Gasteiger partial charge >= 0.3 is 0 Å². The molecule has 76 heavy (non-hydrogen) atoms. The number of benzene rings is 11. The average Bonchev–Trinajstić information content (AvgIpc) is 4.02. The first kappa shape index (κ1) is 45.1. The molecular formula is C74H54N2. The molecule has 360 valence electrons. The fraction of sp³-hybridized carbons (Fsp3) is 0.0541. The van der Waals surface area contributed by atoms with Crippen LogP contribution in [-0.4, -0.2) is 0 Å². The van der Waals surface area contributed by atoms with Crippen LogP contribution < -0.4 is 9.80 Å². The molecule has 14 rings (SSSR count). The summed E-state index contributed by atoms with van der Waals surface area (Å²) in [6.45, 7) is 2.30. The van der Waals surface area contributed by atoms with Crippen molar-refractivity contribution in [2.75, 3.05) is 9.80 Å². The first-order valence-electron chi connectivity index (χ1n) is 26.6. The molecule has 3 aliphatic carbocycles. The minimum absolute atomic E-state index is 0.520. The highest BCUT2D eigenvalue weighted by Crippen LogP contribution is 2.64. The number of nitrogens with zero attached hydrogens (tertiary/aromatic N) is 2. The van der Waals surface area contributed by atoms with Crippen molar-refractivity contribution in [1.29, 1.82) is 0 Å². The van der Waals surface area contributed by atoms with E-state index in [0.29, 0.717) is 5.92 Å². The zero-order valence-electron chi connectivity index (χ0n) is 42.4. The fourth-order valence-corrected chi connectivity index (χ4v) is 12.5. The van der Waals surface area contributed by atoms with E-state index in [1.165, 1.54) is 89.0 Å². The van der Waals surface area contributed by atoms with Crippen LogP contribution >= 0.6 is 0 Å². The number of hydrogen-bond donors (Lipinski definition) is 0. The summed E-state index contributed by atoms with van der Waals surface area (Å²) in [5.41, 5.74) is 26.2. The van der Waals surface area contributed by atoms with Crippen molar-refractivity contribution < 1.29 is 0 Å². The average molecular weight is 971 g/mol. The monoisotopic (exact) mass is 970 g/mol. The predicted molar refractivity (Wildman–Crippen MR) is 319 cm³/mol. The molecule has 0 radical (unpaired) electrons. The van der Waals surface area contributed by atoms with Gasteiger partial charge in [0.15, 0.2) is 0 Å². The van der Waals surface area contributed by atoms with Gasteiger partial charge in [0.1, 0.15) is 0 Å². The molecule has 0 saturated carbocycles. The van der Waals surface area contributed by atoms with Crippen LogP contribution in [0.15, 0.2) is 291 Å². The minimum atomic E-state index is -0.591. The predicted octanol–water partition coefficient (Wildman–Crippen LogP) is 20.0. The van der Waals surface area contributed by atoms with Crippen LogP contribution in [0.25, 0.3) is 61.2 Å². The van der Waals surface area contributed by atoms with Gasteiger partial charge in [-0.05, 0) is 174 Å². The van der Waals surface area contributed by atoms with Crippen molar-refractivity contribution in [3.8, 4) is 55.6 Å². The first-order valence-corrected chi connectivity index (χ1v) is 26.6. The van der Waals surface area contributed by atoms with Gasteiger partial charge in [-0.25, -0.2) is 0 Å². The lowest BCUT2D eigenvalue weighted by atomic mass is 9.70. The molecule has 0 heterocycles. The van der Waals surface area contributed by atoms with E-state index < -0.39 is 5.41 Å². The summed E-state index contributed by atoms with van der Waals surface area (Å²) in [4.78, 5) is 4.87. The molecule has 1 unspecified atom stereocenters. The summed E-state index contributed by atoms with van der Waals surface area (Å²) in [6, 6.07) is 101. The van der Waals surface area contributed by atoms with E-state index in [-0.39, 0.29) is 0 Å². The number of para-hydroxylation sites is 1. The van der Waals surface area contributed by atoms with Gasteiger partial charge in [0.25, 0.3) is 0 Å². The smallest absolute Gasteiger partial charge is 0.0727 e. The molecule has 0 N–H and O–H groups in total. The molecule has 1 atom stereocenters. The number of rotatable bonds is 10. The van der Waals surface area contributed by atoms with Crippen molar-refractivity contribution in [2.24, 2.45) is 5.92 Å². The number of allylic oxidation sites excluding steroid dienone is 4. The molecule has 11 aromatic rings. The highest BCUT2D eigenvalue weighted by Gasteiger charge is 2.52. The van der Waals surface area contributed by atoms with Gasteiger partial charge < -0.3 is 9.80 Å². The normalized spacial score (nSPS) is 14.3. The molecule has 0 aliphatic heterocycles. The molecule has 3 aliphatic rings. The standard InChI is InChI=1S/C74H54N2/c1-51-16-15-21-59(48-51)58-36-42-63(43-37-58)76(62-38-32-56(33-39-62)53-19-7-3-8-20-53)65-45-47-69-68-46-44-64(49-72(68)74(73(69)50-65)70-26-13-11-24-66(70)67-25-12-14-27-71(67)74)75(60-22-9-4-10-23-60)61-40-34-57(35-41-61)55-30-28-54(29-31-55)52-17-5-2-6-18-52/h2-47,49-51H,48H2,1H3. The van der Waals surface area contributed by atoms with E-state index in [1.54, 1.807) is 0 Å². The summed E-state index contributed by atoms with van der Waals surface area (Å²) in [6.07, 6.45) is 7.82. The second-order valence-corrected chi connectivity index (χ2v) is 20.5. The van der Waals surface area contributed by atoms with E-state index in [2.05, 4.69) is 308 Å². The maximum atomic E-state index is 2.50. The molecular weight excluding hydrogens is 917 g/mol. The highest BCUT2D eigenvalue weighted by molar-refractivity contribution is 5.98. The lowest BCUT2D eigenvalue weighted by Gasteiger charge is -2.33. The summed E-state index contributed by atoms with van der Waals surface area (Å²) in [5.74, 6) is 0.520. The number of hydrogen-bond acceptors (Lipinski definition) is 2. The van der Waals surface area contributed by atoms with Gasteiger partial charge in [0.05, 0.1) is 5.41 Å². The van der Waals surface area contributed by atoms with Gasteiger partial charge in [-0.1, -0.05) is 225 Å². The summed E-state index contributed by atoms with van der Waals surface area (Å²) in [5, 5.41) is 0. The summed E-state index contributed by atoms with van der Waals surface area (Å²) < 4.78 is 0. The summed E-state index contributed by atoms with van der Waals surface area (Å²) >= 11 is 0. The molecule has 0 saturated heterocycles. The van der Waals surface area contributed by atoms with Crippen molar-refractivity contribution in [1.82, 2.24) is 0 Å². The van der Waals surface area contributed by atoms with Gasteiger partial charge in [0, 0.05) is 34.1 Å². The van der Waals surface area contributed by atoms with Crippen molar-refractivity contribution in [3.63, 3.8) is 0 Å². The Morgan fingerprint density at radius 2 is 0.632 bits per heavy atom. The Bertz CT molecular complexity index is 3940. The SMILES string of the molecule is CC1C=CC=C(c2ccc(N(c3ccc(-c4ccccc4)cc3)c3ccc4c(c3)C3(c5ccccc5-c5ccccc53)c3cc(N(c5ccccc5)c5ccc(-c6ccc(-c7ccccc7)cc6)cc5)ccc3-4)cc2)C1. The van der Waals surface area contributed by atoms with Crippen LogP contribution in [0.2, 0.25) is 0 Å². The molecule has 0 aromatic heterocycles. The Balaban J connectivity index is 0.917. The quantitative estimate of drug-likeness (QED) is 0.135. The third-order valence-electron chi connectivity index (χ3n) is 16.0. The zero-order valence-corrected chi connectivity index (χ0v) is 42.4. The van der Waals surface area contributed by atoms with Crippen LogP contribution in [0.3, 0.4) is 0 Å². The van der Waals surface area contributed by atoms with Crippen LogP contribution in [-0.2, 0) is 5.41 Å². The van der Waals surface area contributed by atoms with Crippen molar-refractivity contribution in [2.45, 2.75) is 18.8 Å². The molecule has 2 heteroatoms. The van der Waals surface area contributed by atoms with Crippen LogP contribution in [0.4, 0.5) is 34.1 Å². The largest absolute Gasteiger partial charge is 0.310 e. The third kappa shape index (κ3) is 7.64. The Labute approximate surface area is 446 Å². The maximum absolute atomic E-state index is 2.50. The van der Waals surface area contributed by atoms with Crippen molar-refractivity contribution >= 4 is 39.7 Å². The van der Waals surface area contributed by atoms with E-state index in [0.717, 1.165) is 40.5 Å². The molecule has 0 amide bonds. The van der Waals surface area contributed by atoms with Gasteiger partial charge in [0.2, 0.25) is 0 Å². The lowest BCUT2D eigenvalue weighted by molar-refractivity contribution is 0.749. The second-order valence-electron chi connectivity index (χ2n) is 20.5. The van der Waals surface area contributed by atoms with Gasteiger partial charge in [-0.15, -0.1) is 0 Å². The lowest BCUT2D eigenvalue weighted by Crippen LogP contribution is -2.26. The summed E-state index contributed by atoms with van der Waals surface area (Å²) in [7, 11) is 0. The molecule has 11 aromatic carbocycles. The zero-order chi connectivity index (χ0) is 50.6. The maximum Gasteiger partial charge on any atom is 0.0727 e. The number of anilines is 6. The van der Waals surface area contributed by atoms with E-state index >= 15 is 0 Å². The van der Waals surface area contributed by atoms with Gasteiger partial charge in [-0.2, -0.15) is 0 Å². The van der Waals surface area contributed by atoms with Crippen LogP contribution in [0.5, 0.6) is 0 Å². The third-order valence-corrected chi connectivity index (χ3v) is 16.0. The van der Waals surface area contributed by atoms with Gasteiger partial charge in [-0.3, -0.25) is 0 Å². The molecule has 0 bridgehead atoms. The molecule has 2 nitrogen and oxygen atoms in total. The van der Waals surface area contributed by atoms with Crippen LogP contribution in [0, 0.1) is 5.92 Å². The fourth-order valence-electron chi connectivity index (χ4n) is 12.5. The Morgan fingerprint density at radius 3 is 1.07 bits per heavy atom. The number of fused-ring (bicyclic) bond motifs is 10. The topological polar surface area (TPSA) is 6.48 Å². The molecule has 0 fully saturated rings. The van der Waals surface area contributed by atoms with Crippen molar-refractivity contribution in [3.05, 3.63) is 319 Å². The first-order chi connectivity index (χ1) is 37.6. The van der Waals surface area contributed by atoms with E-state index in [4.69, 9.17) is 0 Å². The van der Waals surface area contributed by atoms with Crippen LogP contribution in [0.1, 0.15) is 41.2 Å². The van der Waals surface area contributed by atoms with E-state index in [1.807, 2.05) is 0 Å². The Hall–Kier alpha value is -9.50. The highest BCUT2D eigenvalue weighted by atomic mass is 15.1. The Morgan fingerprint density at radius 1 is 0.303 bits per heavy atom. The second kappa shape index (κ2) is 18.8. The molecule has 1 spiro atoms. The minimum Gasteiger partial charge on any atom is -0.310 e. The Kier molecular flexibility index (Phi) is 11.1. The van der Waals surface area contributed by atoms with E-state index in [9.17, 15) is 0 Å².